The first-order chi connectivity index (χ1) is 15.1. The molecule has 6 nitrogen and oxygen atoms in total. The van der Waals surface area contributed by atoms with Crippen LogP contribution in [0.15, 0.2) is 24.3 Å². The number of unbranched alkanes of at least 4 members (excludes halogenated alkanes) is 1. The van der Waals surface area contributed by atoms with Gasteiger partial charge in [-0.05, 0) is 62.9 Å². The number of benzene rings is 1. The van der Waals surface area contributed by atoms with Gasteiger partial charge in [-0.3, -0.25) is 14.3 Å². The molecule has 1 heterocycles. The molecule has 1 N–H and O–H groups in total. The molecule has 0 atom stereocenters. The van der Waals surface area contributed by atoms with Crippen LogP contribution in [-0.2, 0) is 17.9 Å². The fraction of sp³-hybridized carbons (Fsp3) is 0.571. The van der Waals surface area contributed by atoms with Crippen molar-refractivity contribution in [2.75, 3.05) is 26.7 Å². The molecule has 0 spiro atoms. The fourth-order valence-electron chi connectivity index (χ4n) is 3.17. The van der Waals surface area contributed by atoms with Crippen molar-refractivity contribution in [3.8, 4) is 11.4 Å². The lowest BCUT2D eigenvalue weighted by Crippen LogP contribution is -2.34. The Bertz CT molecular complexity index is 927. The van der Waals surface area contributed by atoms with E-state index in [-0.39, 0.29) is 18.9 Å². The number of hydrogen-bond donors (Lipinski definition) is 1. The maximum absolute atomic E-state index is 12.3. The van der Waals surface area contributed by atoms with E-state index in [2.05, 4.69) is 17.3 Å². The van der Waals surface area contributed by atoms with Crippen molar-refractivity contribution in [3.63, 3.8) is 0 Å². The van der Waals surface area contributed by atoms with Gasteiger partial charge in [0, 0.05) is 30.1 Å². The fourth-order valence-corrected chi connectivity index (χ4v) is 3.61. The summed E-state index contributed by atoms with van der Waals surface area (Å²) < 4.78 is 41.1. The second kappa shape index (κ2) is 12.4. The summed E-state index contributed by atoms with van der Waals surface area (Å²) in [7, 11) is 1.41. The molecule has 1 amide bonds. The van der Waals surface area contributed by atoms with Crippen molar-refractivity contribution in [2.45, 2.75) is 51.9 Å². The van der Waals surface area contributed by atoms with Crippen LogP contribution >= 0.6 is 23.8 Å². The van der Waals surface area contributed by atoms with Crippen molar-refractivity contribution in [3.05, 3.63) is 34.1 Å². The van der Waals surface area contributed by atoms with E-state index >= 15 is 0 Å². The van der Waals surface area contributed by atoms with E-state index in [4.69, 9.17) is 23.8 Å². The highest BCUT2D eigenvalue weighted by molar-refractivity contribution is 7.71. The SMILES string of the molecule is CCCCn1c(-c2ccc(Cl)cc2)nn(CCC(=O)NCCCN(C)CC(F)(F)F)c1=S. The molecule has 2 rings (SSSR count). The summed E-state index contributed by atoms with van der Waals surface area (Å²) in [4.78, 5) is 13.4. The Morgan fingerprint density at radius 3 is 2.53 bits per heavy atom. The van der Waals surface area contributed by atoms with Crippen LogP contribution in [0.2, 0.25) is 5.02 Å². The highest BCUT2D eigenvalue weighted by atomic mass is 35.5. The molecule has 0 radical (unpaired) electrons. The normalized spacial score (nSPS) is 11.8. The average molecular weight is 492 g/mol. The third kappa shape index (κ3) is 8.55. The Morgan fingerprint density at radius 1 is 1.22 bits per heavy atom. The van der Waals surface area contributed by atoms with Gasteiger partial charge >= 0.3 is 6.18 Å². The lowest BCUT2D eigenvalue weighted by molar-refractivity contribution is -0.143. The monoisotopic (exact) mass is 491 g/mol. The Balaban J connectivity index is 1.92. The van der Waals surface area contributed by atoms with Gasteiger partial charge in [0.2, 0.25) is 5.91 Å². The Hall–Kier alpha value is -1.91. The van der Waals surface area contributed by atoms with Gasteiger partial charge in [0.25, 0.3) is 0 Å². The lowest BCUT2D eigenvalue weighted by Gasteiger charge is -2.18. The summed E-state index contributed by atoms with van der Waals surface area (Å²) in [5, 5.41) is 8.00. The van der Waals surface area contributed by atoms with Crippen molar-refractivity contribution in [1.82, 2.24) is 24.6 Å². The maximum atomic E-state index is 12.3. The van der Waals surface area contributed by atoms with Crippen molar-refractivity contribution in [1.29, 1.82) is 0 Å². The summed E-state index contributed by atoms with van der Waals surface area (Å²) in [6.45, 7) is 2.74. The standard InChI is InChI=1S/C21H29ClF3N5OS/c1-3-4-13-29-19(16-6-8-17(22)9-7-16)27-30(20(29)32)14-10-18(31)26-11-5-12-28(2)15-21(23,24)25/h6-9H,3-5,10-15H2,1-2H3,(H,26,31). The topological polar surface area (TPSA) is 55.1 Å². The molecule has 32 heavy (non-hydrogen) atoms. The number of alkyl halides is 3. The number of aromatic nitrogens is 3. The zero-order chi connectivity index (χ0) is 23.7. The number of rotatable bonds is 12. The molecule has 0 saturated heterocycles. The molecular weight excluding hydrogens is 463 g/mol. The maximum Gasteiger partial charge on any atom is 0.401 e. The number of amides is 1. The van der Waals surface area contributed by atoms with Gasteiger partial charge in [-0.2, -0.15) is 18.3 Å². The first-order valence-electron chi connectivity index (χ1n) is 10.6. The molecule has 0 aliphatic heterocycles. The van der Waals surface area contributed by atoms with Crippen LogP contribution in [0, 0.1) is 4.77 Å². The van der Waals surface area contributed by atoms with Crippen LogP contribution in [0.1, 0.15) is 32.6 Å². The molecule has 2 aromatic rings. The molecule has 0 aliphatic carbocycles. The molecule has 0 bridgehead atoms. The Labute approximate surface area is 196 Å². The third-order valence-corrected chi connectivity index (χ3v) is 5.48. The Kier molecular flexibility index (Phi) is 10.2. The van der Waals surface area contributed by atoms with E-state index in [1.807, 2.05) is 16.7 Å². The number of aryl methyl sites for hydroxylation is 1. The Morgan fingerprint density at radius 2 is 1.91 bits per heavy atom. The first-order valence-corrected chi connectivity index (χ1v) is 11.3. The van der Waals surface area contributed by atoms with Crippen molar-refractivity contribution < 1.29 is 18.0 Å². The summed E-state index contributed by atoms with van der Waals surface area (Å²) >= 11 is 11.6. The van der Waals surface area contributed by atoms with Gasteiger partial charge in [0.05, 0.1) is 13.1 Å². The third-order valence-electron chi connectivity index (χ3n) is 4.80. The molecule has 0 unspecified atom stereocenters. The van der Waals surface area contributed by atoms with Gasteiger partial charge in [-0.1, -0.05) is 24.9 Å². The van der Waals surface area contributed by atoms with Gasteiger partial charge in [0.15, 0.2) is 10.6 Å². The minimum Gasteiger partial charge on any atom is -0.356 e. The average Bonchev–Trinajstić information content (AvgIpc) is 3.03. The smallest absolute Gasteiger partial charge is 0.356 e. The van der Waals surface area contributed by atoms with Crippen LogP contribution in [0.4, 0.5) is 13.2 Å². The molecule has 1 aromatic carbocycles. The molecule has 0 fully saturated rings. The predicted octanol–water partition coefficient (Wildman–Crippen LogP) is 4.93. The largest absolute Gasteiger partial charge is 0.401 e. The van der Waals surface area contributed by atoms with Gasteiger partial charge in [0.1, 0.15) is 0 Å². The van der Waals surface area contributed by atoms with E-state index in [1.165, 1.54) is 11.9 Å². The zero-order valence-electron chi connectivity index (χ0n) is 18.3. The highest BCUT2D eigenvalue weighted by Gasteiger charge is 2.28. The minimum absolute atomic E-state index is 0.178. The van der Waals surface area contributed by atoms with Crippen LogP contribution < -0.4 is 5.32 Å². The predicted molar refractivity (Wildman–Crippen MR) is 122 cm³/mol. The van der Waals surface area contributed by atoms with Gasteiger partial charge < -0.3 is 5.32 Å². The van der Waals surface area contributed by atoms with Gasteiger partial charge in [-0.25, -0.2) is 4.68 Å². The number of nitrogens with zero attached hydrogens (tertiary/aromatic N) is 4. The molecular formula is C21H29ClF3N5OS. The second-order valence-corrected chi connectivity index (χ2v) is 8.45. The van der Waals surface area contributed by atoms with E-state index in [0.717, 1.165) is 30.8 Å². The molecule has 0 aliphatic rings. The molecule has 1 aromatic heterocycles. The molecule has 11 heteroatoms. The number of halogens is 4. The second-order valence-electron chi connectivity index (χ2n) is 7.65. The summed E-state index contributed by atoms with van der Waals surface area (Å²) in [5.41, 5.74) is 0.891. The number of nitrogens with one attached hydrogen (secondary N) is 1. The van der Waals surface area contributed by atoms with E-state index in [9.17, 15) is 18.0 Å². The van der Waals surface area contributed by atoms with Crippen molar-refractivity contribution in [2.24, 2.45) is 0 Å². The first kappa shape index (κ1) is 26.3. The molecule has 0 saturated carbocycles. The van der Waals surface area contributed by atoms with Crippen LogP contribution in [0.25, 0.3) is 11.4 Å². The van der Waals surface area contributed by atoms with Gasteiger partial charge in [-0.15, -0.1) is 0 Å². The quantitative estimate of drug-likeness (QED) is 0.338. The minimum atomic E-state index is -4.22. The summed E-state index contributed by atoms with van der Waals surface area (Å²) in [6, 6.07) is 7.36. The van der Waals surface area contributed by atoms with E-state index in [1.54, 1.807) is 16.8 Å². The zero-order valence-corrected chi connectivity index (χ0v) is 19.9. The lowest BCUT2D eigenvalue weighted by atomic mass is 10.2. The van der Waals surface area contributed by atoms with Crippen LogP contribution in [0.5, 0.6) is 0 Å². The molecule has 178 valence electrons. The summed E-state index contributed by atoms with van der Waals surface area (Å²) in [5.74, 6) is 0.537. The number of hydrogen-bond acceptors (Lipinski definition) is 4. The van der Waals surface area contributed by atoms with E-state index in [0.29, 0.717) is 29.3 Å². The summed E-state index contributed by atoms with van der Waals surface area (Å²) in [6.07, 6.45) is -1.65. The number of carbonyl (C=O) groups excluding carboxylic acids is 1. The van der Waals surface area contributed by atoms with E-state index < -0.39 is 12.7 Å². The highest BCUT2D eigenvalue weighted by Crippen LogP contribution is 2.21. The van der Waals surface area contributed by atoms with Crippen LogP contribution in [0.3, 0.4) is 0 Å². The number of carbonyl (C=O) groups is 1. The van der Waals surface area contributed by atoms with Crippen LogP contribution in [-0.4, -0.2) is 58.0 Å². The van der Waals surface area contributed by atoms with Crippen molar-refractivity contribution >= 4 is 29.7 Å².